The average Bonchev–Trinajstić information content (AvgIpc) is 2.65. The van der Waals surface area contributed by atoms with E-state index in [2.05, 4.69) is 13.8 Å². The topological polar surface area (TPSA) is 17.1 Å². The smallest absolute Gasteiger partial charge is 0.138 e. The first-order valence-corrected chi connectivity index (χ1v) is 10.9. The van der Waals surface area contributed by atoms with Gasteiger partial charge in [0.15, 0.2) is 0 Å². The second-order valence-corrected chi connectivity index (χ2v) is 6.46. The van der Waals surface area contributed by atoms with E-state index in [1.165, 1.54) is 24.8 Å². The maximum Gasteiger partial charge on any atom is 0.138 e. The number of benzene rings is 1. The van der Waals surface area contributed by atoms with Gasteiger partial charge in [-0.1, -0.05) is 112 Å². The van der Waals surface area contributed by atoms with Gasteiger partial charge in [0, 0.05) is 16.9 Å². The molecule has 1 rings (SSSR count). The molecule has 0 N–H and O–H groups in total. The van der Waals surface area contributed by atoms with Crippen LogP contribution >= 0.6 is 11.6 Å². The summed E-state index contributed by atoms with van der Waals surface area (Å²) < 4.78 is 0. The molecule has 1 nitrogen and oxygen atoms in total. The summed E-state index contributed by atoms with van der Waals surface area (Å²) in [6.07, 6.45) is 5.05. The zero-order chi connectivity index (χ0) is 21.5. The molecule has 0 saturated carbocycles. The molecule has 26 heavy (non-hydrogen) atoms. The molecule has 156 valence electrons. The summed E-state index contributed by atoms with van der Waals surface area (Å²) in [6.45, 7) is 22.4. The van der Waals surface area contributed by atoms with Crippen molar-refractivity contribution in [3.8, 4) is 0 Å². The minimum absolute atomic E-state index is 0.208. The van der Waals surface area contributed by atoms with Crippen molar-refractivity contribution in [3.05, 3.63) is 34.9 Å². The summed E-state index contributed by atoms with van der Waals surface area (Å²) in [5.41, 5.74) is 1.21. The van der Waals surface area contributed by atoms with Crippen molar-refractivity contribution in [1.29, 1.82) is 0 Å². The SMILES string of the molecule is CC.CC.CCC(C)C(=O)C(C)C.CCCCC.Cc1cccc(Cl)c1. The quantitative estimate of drug-likeness (QED) is 0.492. The number of unbranched alkanes of at least 4 members (excludes halogenated alkanes) is 2. The van der Waals surface area contributed by atoms with E-state index in [-0.39, 0.29) is 11.8 Å². The van der Waals surface area contributed by atoms with Crippen LogP contribution in [0.2, 0.25) is 5.02 Å². The van der Waals surface area contributed by atoms with Gasteiger partial charge in [-0.25, -0.2) is 0 Å². The van der Waals surface area contributed by atoms with E-state index >= 15 is 0 Å². The van der Waals surface area contributed by atoms with Gasteiger partial charge in [0.05, 0.1) is 0 Å². The number of carbonyl (C=O) groups is 1. The summed E-state index contributed by atoms with van der Waals surface area (Å²) >= 11 is 5.64. The van der Waals surface area contributed by atoms with Crippen LogP contribution < -0.4 is 0 Å². The van der Waals surface area contributed by atoms with Crippen molar-refractivity contribution >= 4 is 17.4 Å². The fourth-order valence-electron chi connectivity index (χ4n) is 1.73. The molecule has 0 spiro atoms. The molecule has 1 unspecified atom stereocenters. The predicted octanol–water partition coefficient (Wildman–Crippen LogP) is 9.15. The van der Waals surface area contributed by atoms with Crippen LogP contribution in [-0.2, 0) is 4.79 Å². The highest BCUT2D eigenvalue weighted by molar-refractivity contribution is 6.30. The van der Waals surface area contributed by atoms with Gasteiger partial charge in [0.1, 0.15) is 5.78 Å². The van der Waals surface area contributed by atoms with Gasteiger partial charge in [0.2, 0.25) is 0 Å². The van der Waals surface area contributed by atoms with Crippen LogP contribution in [0.1, 0.15) is 100 Å². The summed E-state index contributed by atoms with van der Waals surface area (Å²) in [7, 11) is 0. The Labute approximate surface area is 170 Å². The second kappa shape index (κ2) is 26.4. The van der Waals surface area contributed by atoms with Gasteiger partial charge in [-0.15, -0.1) is 0 Å². The van der Waals surface area contributed by atoms with Crippen molar-refractivity contribution in [2.24, 2.45) is 11.8 Å². The van der Waals surface area contributed by atoms with Crippen LogP contribution in [0.25, 0.3) is 0 Å². The Hall–Kier alpha value is -0.820. The van der Waals surface area contributed by atoms with Crippen LogP contribution in [0, 0.1) is 18.8 Å². The summed E-state index contributed by atoms with van der Waals surface area (Å²) in [5, 5.41) is 0.810. The number of hydrogen-bond donors (Lipinski definition) is 0. The molecular weight excluding hydrogens is 340 g/mol. The fourth-order valence-corrected chi connectivity index (χ4v) is 1.97. The lowest BCUT2D eigenvalue weighted by atomic mass is 9.95. The normalized spacial score (nSPS) is 9.73. The zero-order valence-corrected chi connectivity index (χ0v) is 20.3. The molecule has 0 radical (unpaired) electrons. The molecule has 0 fully saturated rings. The highest BCUT2D eigenvalue weighted by atomic mass is 35.5. The molecule has 1 aromatic carbocycles. The van der Waals surface area contributed by atoms with E-state index < -0.39 is 0 Å². The number of halogens is 1. The van der Waals surface area contributed by atoms with Gasteiger partial charge in [-0.3, -0.25) is 4.79 Å². The molecule has 1 atom stereocenters. The maximum absolute atomic E-state index is 11.1. The first kappa shape index (κ1) is 32.8. The number of carbonyl (C=O) groups excluding carboxylic acids is 1. The molecule has 2 heteroatoms. The highest BCUT2D eigenvalue weighted by Crippen LogP contribution is 2.09. The molecule has 0 bridgehead atoms. The van der Waals surface area contributed by atoms with Crippen LogP contribution in [0.5, 0.6) is 0 Å². The average molecular weight is 387 g/mol. The number of rotatable bonds is 5. The zero-order valence-electron chi connectivity index (χ0n) is 19.6. The third-order valence-corrected chi connectivity index (χ3v) is 3.59. The Morgan fingerprint density at radius 3 is 1.58 bits per heavy atom. The third-order valence-electron chi connectivity index (χ3n) is 3.35. The Balaban J connectivity index is -0.000000131. The fraction of sp³-hybridized carbons (Fsp3) is 0.708. The Kier molecular flexibility index (Phi) is 33.3. The molecular formula is C24H47ClO. The Bertz CT molecular complexity index is 366. The van der Waals surface area contributed by atoms with Crippen LogP contribution in [0.15, 0.2) is 24.3 Å². The summed E-state index contributed by atoms with van der Waals surface area (Å²) in [5.74, 6) is 0.849. The van der Waals surface area contributed by atoms with Crippen molar-refractivity contribution < 1.29 is 4.79 Å². The molecule has 0 aliphatic rings. The predicted molar refractivity (Wildman–Crippen MR) is 123 cm³/mol. The van der Waals surface area contributed by atoms with E-state index in [1.54, 1.807) is 0 Å². The van der Waals surface area contributed by atoms with Crippen molar-refractivity contribution in [1.82, 2.24) is 0 Å². The molecule has 0 aliphatic carbocycles. The van der Waals surface area contributed by atoms with Gasteiger partial charge in [0.25, 0.3) is 0 Å². The monoisotopic (exact) mass is 386 g/mol. The number of ketones is 1. The van der Waals surface area contributed by atoms with Gasteiger partial charge in [-0.2, -0.15) is 0 Å². The van der Waals surface area contributed by atoms with Crippen LogP contribution in [0.4, 0.5) is 0 Å². The number of Topliss-reactive ketones (excluding diaryl/α,β-unsaturated/α-hetero) is 1. The number of hydrogen-bond acceptors (Lipinski definition) is 1. The summed E-state index contributed by atoms with van der Waals surface area (Å²) in [4.78, 5) is 11.1. The molecule has 0 amide bonds. The molecule has 0 aliphatic heterocycles. The van der Waals surface area contributed by atoms with Crippen LogP contribution in [-0.4, -0.2) is 5.78 Å². The Morgan fingerprint density at radius 1 is 0.962 bits per heavy atom. The highest BCUT2D eigenvalue weighted by Gasteiger charge is 2.13. The second-order valence-electron chi connectivity index (χ2n) is 6.02. The lowest BCUT2D eigenvalue weighted by Crippen LogP contribution is -2.15. The molecule has 0 aromatic heterocycles. The van der Waals surface area contributed by atoms with E-state index in [0.717, 1.165) is 11.4 Å². The minimum atomic E-state index is 0.208. The van der Waals surface area contributed by atoms with Gasteiger partial charge < -0.3 is 0 Å². The van der Waals surface area contributed by atoms with Crippen LogP contribution in [0.3, 0.4) is 0 Å². The lowest BCUT2D eigenvalue weighted by molar-refractivity contribution is -0.125. The lowest BCUT2D eigenvalue weighted by Gasteiger charge is -2.08. The standard InChI is InChI=1S/C8H16O.C7H7Cl.C5H12.2C2H6/c1-5-7(4)8(9)6(2)3;1-6-3-2-4-7(8)5-6;1-3-5-4-2;2*1-2/h6-7H,5H2,1-4H3;2-5H,1H3;3-5H2,1-2H3;2*1-2H3. The van der Waals surface area contributed by atoms with E-state index in [9.17, 15) is 4.79 Å². The minimum Gasteiger partial charge on any atom is -0.299 e. The van der Waals surface area contributed by atoms with Crippen molar-refractivity contribution in [2.75, 3.05) is 0 Å². The maximum atomic E-state index is 11.1. The van der Waals surface area contributed by atoms with E-state index in [0.29, 0.717) is 5.78 Å². The summed E-state index contributed by atoms with van der Waals surface area (Å²) in [6, 6.07) is 7.76. The first-order valence-electron chi connectivity index (χ1n) is 10.6. The van der Waals surface area contributed by atoms with Gasteiger partial charge >= 0.3 is 0 Å². The van der Waals surface area contributed by atoms with E-state index in [1.807, 2.05) is 86.6 Å². The first-order chi connectivity index (χ1) is 12.3. The number of aryl methyl sites for hydroxylation is 1. The van der Waals surface area contributed by atoms with Crippen molar-refractivity contribution in [2.45, 2.75) is 102 Å². The van der Waals surface area contributed by atoms with Crippen molar-refractivity contribution in [3.63, 3.8) is 0 Å². The third kappa shape index (κ3) is 25.4. The largest absolute Gasteiger partial charge is 0.299 e. The molecule has 1 aromatic rings. The van der Waals surface area contributed by atoms with E-state index in [4.69, 9.17) is 11.6 Å². The molecule has 0 saturated heterocycles. The van der Waals surface area contributed by atoms with Gasteiger partial charge in [-0.05, 0) is 31.0 Å². The Morgan fingerprint density at radius 2 is 1.42 bits per heavy atom. The molecule has 0 heterocycles.